The summed E-state index contributed by atoms with van der Waals surface area (Å²) in [5.41, 5.74) is 2.10. The van der Waals surface area contributed by atoms with Crippen LogP contribution in [0.2, 0.25) is 0 Å². The highest BCUT2D eigenvalue weighted by Crippen LogP contribution is 2.32. The summed E-state index contributed by atoms with van der Waals surface area (Å²) in [7, 11) is 1.66. The second-order valence-electron chi connectivity index (χ2n) is 6.29. The second-order valence-corrected chi connectivity index (χ2v) is 7.40. The number of para-hydroxylation sites is 1. The van der Waals surface area contributed by atoms with Gasteiger partial charge in [-0.15, -0.1) is 11.3 Å². The van der Waals surface area contributed by atoms with E-state index in [0.717, 1.165) is 46.3 Å². The number of benzene rings is 1. The van der Waals surface area contributed by atoms with Crippen molar-refractivity contribution in [3.8, 4) is 16.3 Å². The van der Waals surface area contributed by atoms with Gasteiger partial charge in [-0.2, -0.15) is 5.10 Å². The minimum Gasteiger partial charge on any atom is -0.496 e. The molecule has 0 radical (unpaired) electrons. The van der Waals surface area contributed by atoms with Gasteiger partial charge in [-0.1, -0.05) is 12.1 Å². The van der Waals surface area contributed by atoms with Crippen LogP contribution in [0.3, 0.4) is 0 Å². The number of hydrogen-bond donors (Lipinski definition) is 1. The Labute approximate surface area is 155 Å². The molecule has 0 fully saturated rings. The van der Waals surface area contributed by atoms with Crippen LogP contribution in [-0.2, 0) is 24.3 Å². The first kappa shape index (κ1) is 16.8. The lowest BCUT2D eigenvalue weighted by molar-refractivity contribution is -0.125. The van der Waals surface area contributed by atoms with Crippen molar-refractivity contribution in [2.45, 2.75) is 25.9 Å². The molecule has 0 saturated heterocycles. The van der Waals surface area contributed by atoms with Crippen LogP contribution in [0.4, 0.5) is 0 Å². The Morgan fingerprint density at radius 2 is 2.27 bits per heavy atom. The minimum atomic E-state index is 0.0146. The smallest absolute Gasteiger partial charge is 0.223 e. The van der Waals surface area contributed by atoms with Gasteiger partial charge in [-0.25, -0.2) is 4.98 Å². The topological polar surface area (TPSA) is 69.0 Å². The van der Waals surface area contributed by atoms with Gasteiger partial charge in [0.05, 0.1) is 19.2 Å². The fourth-order valence-electron chi connectivity index (χ4n) is 3.24. The predicted molar refractivity (Wildman–Crippen MR) is 100.0 cm³/mol. The van der Waals surface area contributed by atoms with Gasteiger partial charge >= 0.3 is 0 Å². The number of carbonyl (C=O) groups excluding carboxylic acids is 1. The zero-order chi connectivity index (χ0) is 17.9. The molecule has 7 heteroatoms. The highest BCUT2D eigenvalue weighted by Gasteiger charge is 2.25. The first-order valence-corrected chi connectivity index (χ1v) is 9.42. The van der Waals surface area contributed by atoms with Gasteiger partial charge in [0.2, 0.25) is 5.91 Å². The number of nitrogens with zero attached hydrogens (tertiary/aromatic N) is 3. The van der Waals surface area contributed by atoms with Gasteiger partial charge in [-0.05, 0) is 24.6 Å². The maximum Gasteiger partial charge on any atom is 0.223 e. The molecule has 1 aliphatic rings. The van der Waals surface area contributed by atoms with Gasteiger partial charge in [0, 0.05) is 41.8 Å². The summed E-state index contributed by atoms with van der Waals surface area (Å²) in [6.07, 6.45) is 5.20. The van der Waals surface area contributed by atoms with Crippen LogP contribution in [0.5, 0.6) is 5.75 Å². The van der Waals surface area contributed by atoms with Crippen molar-refractivity contribution >= 4 is 17.2 Å². The zero-order valence-corrected chi connectivity index (χ0v) is 15.3. The monoisotopic (exact) mass is 368 g/mol. The number of fused-ring (bicyclic) bond motifs is 1. The Morgan fingerprint density at radius 1 is 1.38 bits per heavy atom. The number of hydrogen-bond acceptors (Lipinski definition) is 5. The van der Waals surface area contributed by atoms with Gasteiger partial charge in [-0.3, -0.25) is 9.48 Å². The lowest BCUT2D eigenvalue weighted by Crippen LogP contribution is -2.34. The molecule has 0 aliphatic carbocycles. The lowest BCUT2D eigenvalue weighted by atomic mass is 9.95. The van der Waals surface area contributed by atoms with E-state index in [1.54, 1.807) is 24.6 Å². The van der Waals surface area contributed by atoms with Gasteiger partial charge in [0.25, 0.3) is 0 Å². The van der Waals surface area contributed by atoms with Crippen molar-refractivity contribution in [3.05, 3.63) is 53.3 Å². The second kappa shape index (κ2) is 7.29. The van der Waals surface area contributed by atoms with Crippen LogP contribution >= 0.6 is 11.3 Å². The van der Waals surface area contributed by atoms with E-state index < -0.39 is 0 Å². The highest BCUT2D eigenvalue weighted by atomic mass is 32.1. The number of carbonyl (C=O) groups is 1. The van der Waals surface area contributed by atoms with Crippen LogP contribution in [0.15, 0.2) is 42.7 Å². The van der Waals surface area contributed by atoms with E-state index in [9.17, 15) is 4.79 Å². The molecule has 1 unspecified atom stereocenters. The van der Waals surface area contributed by atoms with E-state index in [0.29, 0.717) is 6.54 Å². The van der Waals surface area contributed by atoms with Crippen molar-refractivity contribution in [3.63, 3.8) is 0 Å². The van der Waals surface area contributed by atoms with E-state index >= 15 is 0 Å². The number of amides is 1. The quantitative estimate of drug-likeness (QED) is 0.752. The number of aromatic nitrogens is 3. The fourth-order valence-corrected chi connectivity index (χ4v) is 4.13. The van der Waals surface area contributed by atoms with E-state index in [1.165, 1.54) is 0 Å². The summed E-state index contributed by atoms with van der Waals surface area (Å²) in [6, 6.07) is 9.81. The normalized spacial score (nSPS) is 16.1. The SMILES string of the molecule is COc1ccccc1-c1ncc(CNC(=O)C2CCn3nccc3C2)s1. The number of methoxy groups -OCH3 is 1. The first-order chi connectivity index (χ1) is 12.7. The van der Waals surface area contributed by atoms with Crippen LogP contribution < -0.4 is 10.1 Å². The molecule has 2 aromatic heterocycles. The van der Waals surface area contributed by atoms with Crippen molar-refractivity contribution < 1.29 is 9.53 Å². The van der Waals surface area contributed by atoms with E-state index in [2.05, 4.69) is 15.4 Å². The van der Waals surface area contributed by atoms with Gasteiger partial charge in [0.15, 0.2) is 0 Å². The molecule has 4 rings (SSSR count). The molecule has 1 aliphatic heterocycles. The summed E-state index contributed by atoms with van der Waals surface area (Å²) in [5, 5.41) is 8.21. The number of aryl methyl sites for hydroxylation is 1. The number of nitrogens with one attached hydrogen (secondary N) is 1. The zero-order valence-electron chi connectivity index (χ0n) is 14.5. The Bertz CT molecular complexity index is 918. The molecule has 0 spiro atoms. The van der Waals surface area contributed by atoms with Crippen molar-refractivity contribution in [1.29, 1.82) is 0 Å². The molecule has 6 nitrogen and oxygen atoms in total. The lowest BCUT2D eigenvalue weighted by Gasteiger charge is -2.22. The maximum absolute atomic E-state index is 12.5. The van der Waals surface area contributed by atoms with Crippen LogP contribution in [0.25, 0.3) is 10.6 Å². The average molecular weight is 368 g/mol. The van der Waals surface area contributed by atoms with Gasteiger partial charge in [0.1, 0.15) is 10.8 Å². The molecule has 1 N–H and O–H groups in total. The molecular formula is C19H20N4O2S. The fraction of sp³-hybridized carbons (Fsp3) is 0.316. The van der Waals surface area contributed by atoms with Crippen molar-refractivity contribution in [2.75, 3.05) is 7.11 Å². The Hall–Kier alpha value is -2.67. The molecular weight excluding hydrogens is 348 g/mol. The number of rotatable bonds is 5. The summed E-state index contributed by atoms with van der Waals surface area (Å²) in [4.78, 5) is 18.0. The predicted octanol–water partition coefficient (Wildman–Crippen LogP) is 2.89. The minimum absolute atomic E-state index is 0.0146. The van der Waals surface area contributed by atoms with Crippen molar-refractivity contribution in [1.82, 2.24) is 20.1 Å². The largest absolute Gasteiger partial charge is 0.496 e. The molecule has 1 aromatic carbocycles. The molecule has 1 amide bonds. The Balaban J connectivity index is 1.38. The van der Waals surface area contributed by atoms with Crippen LogP contribution in [0, 0.1) is 5.92 Å². The summed E-state index contributed by atoms with van der Waals surface area (Å²) in [6.45, 7) is 1.31. The Kier molecular flexibility index (Phi) is 4.71. The standard InChI is InChI=1S/C19H20N4O2S/c1-25-17-5-3-2-4-16(17)19-21-12-15(26-19)11-20-18(24)13-7-9-23-14(10-13)6-8-22-23/h2-6,8,12-13H,7,9-11H2,1H3,(H,20,24). The first-order valence-electron chi connectivity index (χ1n) is 8.61. The van der Waals surface area contributed by atoms with Crippen molar-refractivity contribution in [2.24, 2.45) is 5.92 Å². The average Bonchev–Trinajstić information content (AvgIpc) is 3.34. The summed E-state index contributed by atoms with van der Waals surface area (Å²) in [5.74, 6) is 0.918. The summed E-state index contributed by atoms with van der Waals surface area (Å²) < 4.78 is 7.38. The third-order valence-corrected chi connectivity index (χ3v) is 5.68. The van der Waals surface area contributed by atoms with E-state index in [4.69, 9.17) is 4.74 Å². The van der Waals surface area contributed by atoms with E-state index in [-0.39, 0.29) is 11.8 Å². The number of thiazole rings is 1. The third kappa shape index (κ3) is 3.35. The van der Waals surface area contributed by atoms with Crippen LogP contribution in [0.1, 0.15) is 17.0 Å². The molecule has 26 heavy (non-hydrogen) atoms. The Morgan fingerprint density at radius 3 is 3.15 bits per heavy atom. The van der Waals surface area contributed by atoms with Crippen LogP contribution in [-0.4, -0.2) is 27.8 Å². The maximum atomic E-state index is 12.5. The molecule has 3 aromatic rings. The molecule has 134 valence electrons. The van der Waals surface area contributed by atoms with E-state index in [1.807, 2.05) is 41.2 Å². The highest BCUT2D eigenvalue weighted by molar-refractivity contribution is 7.15. The molecule has 0 bridgehead atoms. The molecule has 0 saturated carbocycles. The number of ether oxygens (including phenoxy) is 1. The molecule has 3 heterocycles. The summed E-state index contributed by atoms with van der Waals surface area (Å²) >= 11 is 1.57. The third-order valence-electron chi connectivity index (χ3n) is 4.65. The molecule has 1 atom stereocenters. The van der Waals surface area contributed by atoms with Gasteiger partial charge < -0.3 is 10.1 Å².